The molecule has 0 heterocycles. The molecular formula is C24H46O5S. The first kappa shape index (κ1) is 29.2. The van der Waals surface area contributed by atoms with Crippen LogP contribution in [0.5, 0.6) is 0 Å². The van der Waals surface area contributed by atoms with Gasteiger partial charge in [0.05, 0.1) is 6.42 Å². The summed E-state index contributed by atoms with van der Waals surface area (Å²) in [7, 11) is 0. The number of carbonyl (C=O) groups is 2. The minimum absolute atomic E-state index is 0.467. The Balaban J connectivity index is 3.33. The van der Waals surface area contributed by atoms with Gasteiger partial charge in [-0.15, -0.1) is 11.8 Å². The van der Waals surface area contributed by atoms with Crippen LogP contribution in [0.15, 0.2) is 0 Å². The second-order valence-electron chi connectivity index (χ2n) is 8.52. The molecule has 1 atom stereocenters. The molecule has 0 aromatic rings. The van der Waals surface area contributed by atoms with Gasteiger partial charge in [0.1, 0.15) is 0 Å². The molecule has 6 heteroatoms. The highest BCUT2D eigenvalue weighted by atomic mass is 32.2. The maximum absolute atomic E-state index is 11.0. The number of rotatable bonds is 23. The van der Waals surface area contributed by atoms with E-state index in [0.717, 1.165) is 31.0 Å². The number of carboxylic acid groups (broad SMARTS) is 2. The van der Waals surface area contributed by atoms with Gasteiger partial charge in [-0.2, -0.15) is 0 Å². The van der Waals surface area contributed by atoms with E-state index in [2.05, 4.69) is 6.92 Å². The molecule has 5 nitrogen and oxygen atoms in total. The fourth-order valence-corrected chi connectivity index (χ4v) is 4.67. The normalized spacial score (nSPS) is 13.3. The van der Waals surface area contributed by atoms with Crippen molar-refractivity contribution in [3.05, 3.63) is 0 Å². The molecule has 0 aromatic heterocycles. The van der Waals surface area contributed by atoms with Crippen molar-refractivity contribution in [3.63, 3.8) is 0 Å². The Morgan fingerprint density at radius 3 is 1.27 bits per heavy atom. The molecule has 3 N–H and O–H groups in total. The summed E-state index contributed by atoms with van der Waals surface area (Å²) < 4.78 is 0. The molecule has 0 aliphatic carbocycles. The van der Waals surface area contributed by atoms with Crippen LogP contribution in [-0.4, -0.2) is 37.9 Å². The molecule has 178 valence electrons. The molecule has 0 bridgehead atoms. The van der Waals surface area contributed by atoms with Crippen molar-refractivity contribution in [3.8, 4) is 0 Å². The number of hydrogen-bond donors (Lipinski definition) is 3. The van der Waals surface area contributed by atoms with Crippen LogP contribution in [-0.2, 0) is 9.59 Å². The molecule has 0 radical (unpaired) electrons. The van der Waals surface area contributed by atoms with Gasteiger partial charge in [-0.05, 0) is 12.2 Å². The van der Waals surface area contributed by atoms with Crippen LogP contribution in [0.4, 0.5) is 0 Å². The Morgan fingerprint density at radius 1 is 0.633 bits per heavy atom. The molecule has 0 spiro atoms. The lowest BCUT2D eigenvalue weighted by atomic mass is 10.0. The molecule has 0 saturated carbocycles. The number of aliphatic carboxylic acids is 2. The Bertz CT molecular complexity index is 430. The van der Waals surface area contributed by atoms with Gasteiger partial charge in [-0.25, -0.2) is 4.79 Å². The molecule has 0 aromatic carbocycles. The fraction of sp³-hybridized carbons (Fsp3) is 0.917. The number of carboxylic acids is 2. The Morgan fingerprint density at radius 2 is 0.967 bits per heavy atom. The third kappa shape index (κ3) is 18.1. The Kier molecular flexibility index (Phi) is 19.7. The summed E-state index contributed by atoms with van der Waals surface area (Å²) in [5.74, 6) is -2.31. The molecule has 0 rings (SSSR count). The number of hydrogen-bond acceptors (Lipinski definition) is 4. The molecule has 30 heavy (non-hydrogen) atoms. The third-order valence-corrected chi connectivity index (χ3v) is 6.85. The summed E-state index contributed by atoms with van der Waals surface area (Å²) in [5, 5.41) is 27.6. The summed E-state index contributed by atoms with van der Waals surface area (Å²) in [6, 6.07) is 0. The van der Waals surface area contributed by atoms with Crippen molar-refractivity contribution in [1.82, 2.24) is 0 Å². The minimum atomic E-state index is -2.21. The highest BCUT2D eigenvalue weighted by molar-refractivity contribution is 8.01. The number of unbranched alkanes of at least 4 members (excludes halogenated alkanes) is 17. The van der Waals surface area contributed by atoms with Crippen LogP contribution in [0.1, 0.15) is 129 Å². The number of aliphatic hydroxyl groups is 1. The highest BCUT2D eigenvalue weighted by Gasteiger charge is 2.38. The quantitative estimate of drug-likeness (QED) is 0.115. The van der Waals surface area contributed by atoms with Gasteiger partial charge < -0.3 is 15.3 Å². The van der Waals surface area contributed by atoms with Crippen LogP contribution in [0.2, 0.25) is 0 Å². The average molecular weight is 447 g/mol. The first-order valence-corrected chi connectivity index (χ1v) is 13.2. The summed E-state index contributed by atoms with van der Waals surface area (Å²) >= 11 is 0.824. The molecule has 0 aliphatic heterocycles. The van der Waals surface area contributed by atoms with Crippen LogP contribution >= 0.6 is 11.8 Å². The zero-order valence-corrected chi connectivity index (χ0v) is 20.0. The Hall–Kier alpha value is -0.750. The summed E-state index contributed by atoms with van der Waals surface area (Å²) in [4.78, 5) is 19.5. The van der Waals surface area contributed by atoms with Crippen molar-refractivity contribution < 1.29 is 24.9 Å². The van der Waals surface area contributed by atoms with Crippen LogP contribution in [0.25, 0.3) is 0 Å². The van der Waals surface area contributed by atoms with E-state index in [9.17, 15) is 14.7 Å². The smallest absolute Gasteiger partial charge is 0.347 e. The van der Waals surface area contributed by atoms with Crippen molar-refractivity contribution in [2.75, 3.05) is 5.75 Å². The molecule has 0 aliphatic rings. The van der Waals surface area contributed by atoms with Crippen LogP contribution in [0.3, 0.4) is 0 Å². The van der Waals surface area contributed by atoms with E-state index in [1.54, 1.807) is 0 Å². The maximum Gasteiger partial charge on any atom is 0.347 e. The second-order valence-corrected chi connectivity index (χ2v) is 9.89. The average Bonchev–Trinajstić information content (AvgIpc) is 2.69. The SMILES string of the molecule is CCCCCCCCCCCCCCCCCCCCSC(O)(CC(=O)O)C(=O)O. The topological polar surface area (TPSA) is 94.8 Å². The van der Waals surface area contributed by atoms with Crippen molar-refractivity contribution in [1.29, 1.82) is 0 Å². The fourth-order valence-electron chi connectivity index (χ4n) is 3.64. The monoisotopic (exact) mass is 446 g/mol. The largest absolute Gasteiger partial charge is 0.481 e. The molecular weight excluding hydrogens is 400 g/mol. The minimum Gasteiger partial charge on any atom is -0.481 e. The van der Waals surface area contributed by atoms with E-state index in [4.69, 9.17) is 10.2 Å². The first-order chi connectivity index (χ1) is 14.4. The standard InChI is InChI=1S/C24H46O5S/c1-2-3-4-5-6-7-8-9-10-11-12-13-14-15-16-17-18-19-20-30-24(29,23(27)28)21-22(25)26/h29H,2-21H2,1H3,(H,25,26)(H,27,28). The second kappa shape index (κ2) is 20.2. The van der Waals surface area contributed by atoms with E-state index in [1.165, 1.54) is 96.3 Å². The van der Waals surface area contributed by atoms with E-state index in [0.29, 0.717) is 5.75 Å². The number of thioether (sulfide) groups is 1. The molecule has 0 saturated heterocycles. The lowest BCUT2D eigenvalue weighted by molar-refractivity contribution is -0.155. The summed E-state index contributed by atoms with van der Waals surface area (Å²) in [6.45, 7) is 2.26. The highest BCUT2D eigenvalue weighted by Crippen LogP contribution is 2.28. The van der Waals surface area contributed by atoms with Gasteiger partial charge >= 0.3 is 11.9 Å². The van der Waals surface area contributed by atoms with Crippen molar-refractivity contribution in [2.45, 2.75) is 134 Å². The predicted molar refractivity (Wildman–Crippen MR) is 126 cm³/mol. The van der Waals surface area contributed by atoms with E-state index < -0.39 is 23.3 Å². The van der Waals surface area contributed by atoms with Crippen molar-refractivity contribution >= 4 is 23.7 Å². The third-order valence-electron chi connectivity index (χ3n) is 5.56. The molecule has 0 fully saturated rings. The van der Waals surface area contributed by atoms with Crippen molar-refractivity contribution in [2.24, 2.45) is 0 Å². The van der Waals surface area contributed by atoms with Gasteiger partial charge in [-0.3, -0.25) is 4.79 Å². The molecule has 1 unspecified atom stereocenters. The predicted octanol–water partition coefficient (Wildman–Crippen LogP) is 7.01. The van der Waals surface area contributed by atoms with E-state index in [-0.39, 0.29) is 0 Å². The zero-order valence-electron chi connectivity index (χ0n) is 19.2. The summed E-state index contributed by atoms with van der Waals surface area (Å²) in [6.07, 6.45) is 22.5. The van der Waals surface area contributed by atoms with Gasteiger partial charge in [0.15, 0.2) is 0 Å². The lowest BCUT2D eigenvalue weighted by Gasteiger charge is -2.20. The lowest BCUT2D eigenvalue weighted by Crippen LogP contribution is -2.37. The van der Waals surface area contributed by atoms with Gasteiger partial charge in [0.25, 0.3) is 0 Å². The van der Waals surface area contributed by atoms with Gasteiger partial charge in [0, 0.05) is 0 Å². The maximum atomic E-state index is 11.0. The van der Waals surface area contributed by atoms with Gasteiger partial charge in [-0.1, -0.05) is 116 Å². The van der Waals surface area contributed by atoms with E-state index in [1.807, 2.05) is 0 Å². The zero-order chi connectivity index (χ0) is 22.5. The van der Waals surface area contributed by atoms with Crippen LogP contribution < -0.4 is 0 Å². The summed E-state index contributed by atoms with van der Waals surface area (Å²) in [5.41, 5.74) is 0. The first-order valence-electron chi connectivity index (χ1n) is 12.2. The van der Waals surface area contributed by atoms with Crippen LogP contribution in [0, 0.1) is 0 Å². The molecule has 0 amide bonds. The van der Waals surface area contributed by atoms with E-state index >= 15 is 0 Å². The Labute approximate surface area is 188 Å². The van der Waals surface area contributed by atoms with Gasteiger partial charge in [0.2, 0.25) is 4.93 Å².